The monoisotopic (exact) mass is 321 g/mol. The van der Waals surface area contributed by atoms with Crippen LogP contribution in [0.3, 0.4) is 0 Å². The molecular weight excluding hydrogens is 306 g/mol. The second-order valence-corrected chi connectivity index (χ2v) is 5.13. The largest absolute Gasteiger partial charge is 0.468 e. The number of benzene rings is 1. The van der Waals surface area contributed by atoms with Crippen LogP contribution in [0.5, 0.6) is 0 Å². The summed E-state index contributed by atoms with van der Waals surface area (Å²) < 4.78 is 9.49. The summed E-state index contributed by atoms with van der Waals surface area (Å²) in [5, 5.41) is 11.2. The van der Waals surface area contributed by atoms with E-state index in [1.807, 2.05) is 18.2 Å². The van der Waals surface area contributed by atoms with Crippen LogP contribution in [0.25, 0.3) is 0 Å². The van der Waals surface area contributed by atoms with Crippen LogP contribution >= 0.6 is 11.3 Å². The molecule has 0 saturated carbocycles. The van der Waals surface area contributed by atoms with Gasteiger partial charge in [0.25, 0.3) is 0 Å². The molecule has 7 nitrogen and oxygen atoms in total. The number of rotatable bonds is 6. The molecule has 2 rings (SSSR count). The molecule has 0 bridgehead atoms. The molecule has 0 aliphatic heterocycles. The molecule has 0 amide bonds. The first kappa shape index (κ1) is 15.9. The van der Waals surface area contributed by atoms with Crippen molar-refractivity contribution in [3.05, 3.63) is 41.4 Å². The number of aromatic nitrogens is 2. The zero-order valence-corrected chi connectivity index (χ0v) is 12.9. The van der Waals surface area contributed by atoms with Crippen molar-refractivity contribution < 1.29 is 19.1 Å². The maximum Gasteiger partial charge on any atom is 0.322 e. The maximum atomic E-state index is 12.1. The SMILES string of the molecule is COC(=O)C(C(=O)OC)C(Nc1nncs1)c1ccccc1. The Balaban J connectivity index is 2.40. The average Bonchev–Trinajstić information content (AvgIpc) is 3.07. The van der Waals surface area contributed by atoms with Crippen molar-refractivity contribution >= 4 is 28.4 Å². The van der Waals surface area contributed by atoms with Crippen LogP contribution < -0.4 is 5.32 Å². The summed E-state index contributed by atoms with van der Waals surface area (Å²) in [6, 6.07) is 8.41. The van der Waals surface area contributed by atoms with Gasteiger partial charge in [-0.05, 0) is 5.56 Å². The van der Waals surface area contributed by atoms with Gasteiger partial charge in [-0.15, -0.1) is 10.2 Å². The number of methoxy groups -OCH3 is 2. The van der Waals surface area contributed by atoms with Gasteiger partial charge in [0, 0.05) is 0 Å². The fraction of sp³-hybridized carbons (Fsp3) is 0.286. The van der Waals surface area contributed by atoms with Gasteiger partial charge in [-0.2, -0.15) is 0 Å². The number of hydrogen-bond acceptors (Lipinski definition) is 8. The average molecular weight is 321 g/mol. The third kappa shape index (κ3) is 3.59. The Bertz CT molecular complexity index is 602. The van der Waals surface area contributed by atoms with E-state index in [4.69, 9.17) is 9.47 Å². The van der Waals surface area contributed by atoms with Gasteiger partial charge in [0.1, 0.15) is 5.51 Å². The Hall–Kier alpha value is -2.48. The molecule has 1 heterocycles. The number of hydrogen-bond donors (Lipinski definition) is 1. The van der Waals surface area contributed by atoms with E-state index in [-0.39, 0.29) is 0 Å². The summed E-state index contributed by atoms with van der Waals surface area (Å²) in [5.41, 5.74) is 2.29. The number of nitrogens with zero attached hydrogens (tertiary/aromatic N) is 2. The third-order valence-electron chi connectivity index (χ3n) is 3.04. The lowest BCUT2D eigenvalue weighted by Crippen LogP contribution is -2.35. The number of ether oxygens (including phenoxy) is 2. The smallest absolute Gasteiger partial charge is 0.322 e. The minimum atomic E-state index is -1.15. The third-order valence-corrected chi connectivity index (χ3v) is 3.66. The van der Waals surface area contributed by atoms with Crippen molar-refractivity contribution in [3.8, 4) is 0 Å². The zero-order valence-electron chi connectivity index (χ0n) is 12.1. The first-order valence-corrected chi connectivity index (χ1v) is 7.28. The van der Waals surface area contributed by atoms with Crippen LogP contribution in [-0.2, 0) is 19.1 Å². The van der Waals surface area contributed by atoms with Gasteiger partial charge in [-0.3, -0.25) is 9.59 Å². The number of esters is 2. The van der Waals surface area contributed by atoms with Crippen LogP contribution in [0.1, 0.15) is 11.6 Å². The molecular formula is C14H15N3O4S. The van der Waals surface area contributed by atoms with E-state index in [2.05, 4.69) is 15.5 Å². The van der Waals surface area contributed by atoms with E-state index in [1.54, 1.807) is 17.6 Å². The number of nitrogens with one attached hydrogen (secondary N) is 1. The highest BCUT2D eigenvalue weighted by molar-refractivity contribution is 7.13. The Morgan fingerprint density at radius 1 is 1.14 bits per heavy atom. The molecule has 2 aromatic rings. The molecule has 0 aliphatic carbocycles. The highest BCUT2D eigenvalue weighted by Gasteiger charge is 2.38. The Morgan fingerprint density at radius 3 is 2.27 bits per heavy atom. The van der Waals surface area contributed by atoms with Crippen LogP contribution in [0.2, 0.25) is 0 Å². The van der Waals surface area contributed by atoms with Gasteiger partial charge in [-0.25, -0.2) is 0 Å². The molecule has 8 heteroatoms. The van der Waals surface area contributed by atoms with E-state index in [0.29, 0.717) is 5.13 Å². The van der Waals surface area contributed by atoms with E-state index in [0.717, 1.165) is 5.56 Å². The minimum Gasteiger partial charge on any atom is -0.468 e. The van der Waals surface area contributed by atoms with Gasteiger partial charge >= 0.3 is 11.9 Å². The quantitative estimate of drug-likeness (QED) is 0.639. The Kier molecular flexibility index (Phi) is 5.42. The second-order valence-electron chi connectivity index (χ2n) is 4.30. The lowest BCUT2D eigenvalue weighted by Gasteiger charge is -2.24. The molecule has 0 saturated heterocycles. The van der Waals surface area contributed by atoms with Crippen LogP contribution in [0.15, 0.2) is 35.8 Å². The topological polar surface area (TPSA) is 90.4 Å². The van der Waals surface area contributed by atoms with E-state index in [1.165, 1.54) is 25.6 Å². The predicted octanol–water partition coefficient (Wildman–Crippen LogP) is 1.65. The summed E-state index contributed by atoms with van der Waals surface area (Å²) in [7, 11) is 2.45. The first-order chi connectivity index (χ1) is 10.7. The van der Waals surface area contributed by atoms with Gasteiger partial charge in [0.2, 0.25) is 5.13 Å². The highest BCUT2D eigenvalue weighted by atomic mass is 32.1. The molecule has 116 valence electrons. The van der Waals surface area contributed by atoms with Crippen LogP contribution in [0.4, 0.5) is 5.13 Å². The lowest BCUT2D eigenvalue weighted by molar-refractivity contribution is -0.159. The first-order valence-electron chi connectivity index (χ1n) is 6.40. The molecule has 0 fully saturated rings. The van der Waals surface area contributed by atoms with E-state index >= 15 is 0 Å². The van der Waals surface area contributed by atoms with Gasteiger partial charge < -0.3 is 14.8 Å². The number of carbonyl (C=O) groups is 2. The fourth-order valence-electron chi connectivity index (χ4n) is 2.01. The zero-order chi connectivity index (χ0) is 15.9. The van der Waals surface area contributed by atoms with E-state index in [9.17, 15) is 9.59 Å². The van der Waals surface area contributed by atoms with E-state index < -0.39 is 23.9 Å². The van der Waals surface area contributed by atoms with Crippen LogP contribution in [-0.4, -0.2) is 36.4 Å². The Labute approximate surface area is 131 Å². The van der Waals surface area contributed by atoms with Crippen molar-refractivity contribution in [3.63, 3.8) is 0 Å². The molecule has 1 aromatic heterocycles. The summed E-state index contributed by atoms with van der Waals surface area (Å²) in [6.07, 6.45) is 0. The molecule has 1 unspecified atom stereocenters. The summed E-state index contributed by atoms with van der Waals surface area (Å²) in [6.45, 7) is 0. The van der Waals surface area contributed by atoms with Gasteiger partial charge in [0.15, 0.2) is 5.92 Å². The Morgan fingerprint density at radius 2 is 1.77 bits per heavy atom. The molecule has 1 atom stereocenters. The number of anilines is 1. The molecule has 0 aliphatic rings. The summed E-state index contributed by atoms with van der Waals surface area (Å²) in [4.78, 5) is 24.1. The molecule has 22 heavy (non-hydrogen) atoms. The van der Waals surface area contributed by atoms with Crippen molar-refractivity contribution in [1.82, 2.24) is 10.2 Å². The standard InChI is InChI=1S/C14H15N3O4S/c1-20-12(18)10(13(19)21-2)11(9-6-4-3-5-7-9)16-14-17-15-8-22-14/h3-8,10-11H,1-2H3,(H,16,17). The lowest BCUT2D eigenvalue weighted by atomic mass is 9.93. The fourth-order valence-corrected chi connectivity index (χ4v) is 2.49. The van der Waals surface area contributed by atoms with Crippen molar-refractivity contribution in [1.29, 1.82) is 0 Å². The van der Waals surface area contributed by atoms with Crippen molar-refractivity contribution in [2.24, 2.45) is 5.92 Å². The molecule has 1 aromatic carbocycles. The second kappa shape index (κ2) is 7.51. The summed E-state index contributed by atoms with van der Waals surface area (Å²) >= 11 is 1.26. The van der Waals surface area contributed by atoms with Crippen molar-refractivity contribution in [2.45, 2.75) is 6.04 Å². The van der Waals surface area contributed by atoms with Crippen molar-refractivity contribution in [2.75, 3.05) is 19.5 Å². The normalized spacial score (nSPS) is 11.8. The molecule has 0 spiro atoms. The molecule has 0 radical (unpaired) electrons. The number of carbonyl (C=O) groups excluding carboxylic acids is 2. The maximum absolute atomic E-state index is 12.1. The highest BCUT2D eigenvalue weighted by Crippen LogP contribution is 2.29. The minimum absolute atomic E-state index is 0.492. The van der Waals surface area contributed by atoms with Gasteiger partial charge in [-0.1, -0.05) is 41.7 Å². The summed E-state index contributed by atoms with van der Waals surface area (Å²) in [5.74, 6) is -2.52. The van der Waals surface area contributed by atoms with Crippen LogP contribution in [0, 0.1) is 5.92 Å². The predicted molar refractivity (Wildman–Crippen MR) is 80.2 cm³/mol. The molecule has 1 N–H and O–H groups in total. The van der Waals surface area contributed by atoms with Gasteiger partial charge in [0.05, 0.1) is 20.3 Å².